The van der Waals surface area contributed by atoms with Crippen LogP contribution >= 0.6 is 0 Å². The summed E-state index contributed by atoms with van der Waals surface area (Å²) in [5.41, 5.74) is 0. The van der Waals surface area contributed by atoms with Crippen LogP contribution in [0.5, 0.6) is 5.75 Å². The Labute approximate surface area is 138 Å². The van der Waals surface area contributed by atoms with E-state index in [1.807, 2.05) is 13.8 Å². The van der Waals surface area contributed by atoms with E-state index in [1.165, 1.54) is 0 Å². The molecular weight excluding hydrogens is 314 g/mol. The number of benzene rings is 1. The smallest absolute Gasteiger partial charge is 0.222 e. The predicted octanol–water partition coefficient (Wildman–Crippen LogP) is 2.51. The van der Waals surface area contributed by atoms with Gasteiger partial charge >= 0.3 is 0 Å². The summed E-state index contributed by atoms with van der Waals surface area (Å²) < 4.78 is 30.5. The Hall–Kier alpha value is -1.56. The normalized spacial score (nSPS) is 16.6. The largest absolute Gasteiger partial charge is 0.497 e. The Bertz CT molecular complexity index is 629. The molecular formula is C17H25NO4S. The van der Waals surface area contributed by atoms with E-state index < -0.39 is 15.1 Å². The zero-order valence-corrected chi connectivity index (χ0v) is 14.8. The Balaban J connectivity index is 2.01. The minimum Gasteiger partial charge on any atom is -0.497 e. The summed E-state index contributed by atoms with van der Waals surface area (Å²) in [4.78, 5) is 14.2. The van der Waals surface area contributed by atoms with Crippen LogP contribution in [0.1, 0.15) is 33.1 Å². The molecule has 1 aliphatic heterocycles. The molecule has 1 fully saturated rings. The predicted molar refractivity (Wildman–Crippen MR) is 89.2 cm³/mol. The molecule has 1 amide bonds. The van der Waals surface area contributed by atoms with E-state index >= 15 is 0 Å². The molecule has 0 atom stereocenters. The van der Waals surface area contributed by atoms with Gasteiger partial charge in [0.2, 0.25) is 5.91 Å². The van der Waals surface area contributed by atoms with Crippen molar-refractivity contribution in [2.24, 2.45) is 5.92 Å². The number of likely N-dealkylation sites (tertiary alicyclic amines) is 1. The van der Waals surface area contributed by atoms with Crippen LogP contribution in [0.4, 0.5) is 0 Å². The van der Waals surface area contributed by atoms with E-state index in [0.717, 1.165) is 0 Å². The maximum atomic E-state index is 12.7. The van der Waals surface area contributed by atoms with Crippen LogP contribution in [0.15, 0.2) is 29.2 Å². The topological polar surface area (TPSA) is 63.7 Å². The summed E-state index contributed by atoms with van der Waals surface area (Å²) in [6.07, 6.45) is 1.52. The van der Waals surface area contributed by atoms with Gasteiger partial charge in [-0.1, -0.05) is 13.8 Å². The lowest BCUT2D eigenvalue weighted by atomic mass is 10.1. The summed E-state index contributed by atoms with van der Waals surface area (Å²) in [6.45, 7) is 5.06. The Morgan fingerprint density at radius 3 is 2.26 bits per heavy atom. The van der Waals surface area contributed by atoms with Crippen LogP contribution in [-0.4, -0.2) is 44.7 Å². The van der Waals surface area contributed by atoms with Gasteiger partial charge in [-0.25, -0.2) is 8.42 Å². The van der Waals surface area contributed by atoms with E-state index in [-0.39, 0.29) is 5.91 Å². The van der Waals surface area contributed by atoms with Gasteiger partial charge in [-0.3, -0.25) is 4.79 Å². The van der Waals surface area contributed by atoms with Gasteiger partial charge in [0.1, 0.15) is 5.75 Å². The third-order valence-corrected chi connectivity index (χ3v) is 6.48. The molecule has 0 aliphatic carbocycles. The lowest BCUT2D eigenvalue weighted by Gasteiger charge is -2.32. The summed E-state index contributed by atoms with van der Waals surface area (Å²) in [7, 11) is -1.80. The molecule has 1 aliphatic rings. The molecule has 0 N–H and O–H groups in total. The average molecular weight is 339 g/mol. The van der Waals surface area contributed by atoms with Crippen LogP contribution < -0.4 is 4.74 Å². The second-order valence-corrected chi connectivity index (χ2v) is 8.63. The second kappa shape index (κ2) is 7.34. The van der Waals surface area contributed by atoms with Gasteiger partial charge in [-0.05, 0) is 43.0 Å². The fourth-order valence-electron chi connectivity index (χ4n) is 2.85. The van der Waals surface area contributed by atoms with Crippen molar-refractivity contribution in [1.82, 2.24) is 4.90 Å². The van der Waals surface area contributed by atoms with Crippen molar-refractivity contribution in [2.75, 3.05) is 20.2 Å². The molecule has 0 unspecified atom stereocenters. The van der Waals surface area contributed by atoms with E-state index in [9.17, 15) is 13.2 Å². The molecule has 1 saturated heterocycles. The highest BCUT2D eigenvalue weighted by atomic mass is 32.2. The van der Waals surface area contributed by atoms with Crippen LogP contribution in [0.2, 0.25) is 0 Å². The van der Waals surface area contributed by atoms with Gasteiger partial charge in [-0.2, -0.15) is 0 Å². The van der Waals surface area contributed by atoms with E-state index in [4.69, 9.17) is 4.74 Å². The highest BCUT2D eigenvalue weighted by molar-refractivity contribution is 7.92. The maximum absolute atomic E-state index is 12.7. The van der Waals surface area contributed by atoms with Crippen LogP contribution in [0, 0.1) is 5.92 Å². The van der Waals surface area contributed by atoms with Crippen LogP contribution in [0.3, 0.4) is 0 Å². The molecule has 128 valence electrons. The first kappa shape index (κ1) is 17.8. The van der Waals surface area contributed by atoms with Crippen molar-refractivity contribution < 1.29 is 17.9 Å². The van der Waals surface area contributed by atoms with Gasteiger partial charge in [0, 0.05) is 19.5 Å². The zero-order valence-electron chi connectivity index (χ0n) is 14.0. The number of amides is 1. The molecule has 1 heterocycles. The fourth-order valence-corrected chi connectivity index (χ4v) is 4.58. The third kappa shape index (κ3) is 4.25. The number of carbonyl (C=O) groups excluding carboxylic acids is 1. The molecule has 2 rings (SSSR count). The highest BCUT2D eigenvalue weighted by Crippen LogP contribution is 2.26. The highest BCUT2D eigenvalue weighted by Gasteiger charge is 2.32. The van der Waals surface area contributed by atoms with Crippen molar-refractivity contribution in [3.63, 3.8) is 0 Å². The summed E-state index contributed by atoms with van der Waals surface area (Å²) in [5, 5.41) is -0.418. The van der Waals surface area contributed by atoms with Crippen molar-refractivity contribution in [3.05, 3.63) is 24.3 Å². The molecule has 0 saturated carbocycles. The average Bonchev–Trinajstić information content (AvgIpc) is 2.54. The molecule has 23 heavy (non-hydrogen) atoms. The first-order valence-corrected chi connectivity index (χ1v) is 9.55. The number of methoxy groups -OCH3 is 1. The van der Waals surface area contributed by atoms with E-state index in [2.05, 4.69) is 0 Å². The quantitative estimate of drug-likeness (QED) is 0.827. The SMILES string of the molecule is COc1ccc(S(=O)(=O)C2CCN(C(=O)CC(C)C)CC2)cc1. The minimum absolute atomic E-state index is 0.125. The first-order valence-electron chi connectivity index (χ1n) is 8.00. The maximum Gasteiger partial charge on any atom is 0.222 e. The first-order chi connectivity index (χ1) is 10.8. The fraction of sp³-hybridized carbons (Fsp3) is 0.588. The number of hydrogen-bond donors (Lipinski definition) is 0. The molecule has 1 aromatic rings. The van der Waals surface area contributed by atoms with Crippen LogP contribution in [-0.2, 0) is 14.6 Å². The zero-order chi connectivity index (χ0) is 17.0. The number of sulfone groups is 1. The number of hydrogen-bond acceptors (Lipinski definition) is 4. The Kier molecular flexibility index (Phi) is 5.68. The van der Waals surface area contributed by atoms with E-state index in [0.29, 0.717) is 48.9 Å². The van der Waals surface area contributed by atoms with Gasteiger partial charge in [0.25, 0.3) is 0 Å². The molecule has 0 aromatic heterocycles. The number of piperidine rings is 1. The third-order valence-electron chi connectivity index (χ3n) is 4.20. The van der Waals surface area contributed by atoms with Crippen molar-refractivity contribution in [3.8, 4) is 5.75 Å². The molecule has 5 nitrogen and oxygen atoms in total. The van der Waals surface area contributed by atoms with E-state index in [1.54, 1.807) is 36.3 Å². The second-order valence-electron chi connectivity index (χ2n) is 6.40. The summed E-state index contributed by atoms with van der Waals surface area (Å²) in [5.74, 6) is 1.08. The number of ether oxygens (including phenoxy) is 1. The van der Waals surface area contributed by atoms with Crippen molar-refractivity contribution in [2.45, 2.75) is 43.3 Å². The van der Waals surface area contributed by atoms with Crippen molar-refractivity contribution in [1.29, 1.82) is 0 Å². The molecule has 0 radical (unpaired) electrons. The van der Waals surface area contributed by atoms with Gasteiger partial charge in [0.05, 0.1) is 17.3 Å². The van der Waals surface area contributed by atoms with Gasteiger partial charge < -0.3 is 9.64 Å². The number of rotatable bonds is 5. The molecule has 0 bridgehead atoms. The Morgan fingerprint density at radius 1 is 1.22 bits per heavy atom. The summed E-state index contributed by atoms with van der Waals surface area (Å²) >= 11 is 0. The van der Waals surface area contributed by atoms with Gasteiger partial charge in [-0.15, -0.1) is 0 Å². The minimum atomic E-state index is -3.35. The lowest BCUT2D eigenvalue weighted by molar-refractivity contribution is -0.132. The monoisotopic (exact) mass is 339 g/mol. The number of nitrogens with zero attached hydrogens (tertiary/aromatic N) is 1. The summed E-state index contributed by atoms with van der Waals surface area (Å²) in [6, 6.07) is 6.50. The number of carbonyl (C=O) groups is 1. The molecule has 6 heteroatoms. The molecule has 0 spiro atoms. The lowest BCUT2D eigenvalue weighted by Crippen LogP contribution is -2.42. The molecule has 1 aromatic carbocycles. The van der Waals surface area contributed by atoms with Gasteiger partial charge in [0.15, 0.2) is 9.84 Å². The van der Waals surface area contributed by atoms with Crippen molar-refractivity contribution >= 4 is 15.7 Å². The Morgan fingerprint density at radius 2 is 1.78 bits per heavy atom. The van der Waals surface area contributed by atoms with Crippen LogP contribution in [0.25, 0.3) is 0 Å². The standard InChI is InChI=1S/C17H25NO4S/c1-13(2)12-17(19)18-10-8-16(9-11-18)23(20,21)15-6-4-14(22-3)5-7-15/h4-7,13,16H,8-12H2,1-3H3.